The van der Waals surface area contributed by atoms with E-state index in [1.807, 2.05) is 0 Å². The fourth-order valence-corrected chi connectivity index (χ4v) is 1.54. The Bertz CT molecular complexity index is 165. The average molecular weight is 152 g/mol. The van der Waals surface area contributed by atoms with Crippen LogP contribution < -0.4 is 0 Å². The van der Waals surface area contributed by atoms with Crippen LogP contribution in [-0.4, -0.2) is 25.0 Å². The molecule has 1 saturated carbocycles. The van der Waals surface area contributed by atoms with E-state index in [0.29, 0.717) is 0 Å². The van der Waals surface area contributed by atoms with Gasteiger partial charge in [-0.15, -0.1) is 0 Å². The highest BCUT2D eigenvalue weighted by atomic mass is 15.1. The lowest BCUT2D eigenvalue weighted by Gasteiger charge is -2.37. The minimum Gasteiger partial charge on any atom is -0.305 e. The molecule has 0 amide bonds. The summed E-state index contributed by atoms with van der Waals surface area (Å²) in [4.78, 5) is 2.22. The molecule has 0 N–H and O–H groups in total. The van der Waals surface area contributed by atoms with Crippen LogP contribution in [0.25, 0.3) is 0 Å². The van der Waals surface area contributed by atoms with E-state index in [1.54, 1.807) is 0 Å². The molecule has 0 radical (unpaired) electrons. The highest BCUT2D eigenvalue weighted by molar-refractivity contribution is 5.05. The first-order valence-electron chi connectivity index (χ1n) is 4.32. The van der Waals surface area contributed by atoms with E-state index in [0.717, 1.165) is 25.9 Å². The smallest absolute Gasteiger partial charge is 0.0703 e. The van der Waals surface area contributed by atoms with E-state index >= 15 is 0 Å². The monoisotopic (exact) mass is 152 g/mol. The maximum Gasteiger partial charge on any atom is 0.0703 e. The number of nitrogens with zero attached hydrogens (tertiary/aromatic N) is 2. The van der Waals surface area contributed by atoms with Gasteiger partial charge in [0.05, 0.1) is 11.5 Å². The molecule has 2 heteroatoms. The third kappa shape index (κ3) is 1.72. The van der Waals surface area contributed by atoms with Crippen molar-refractivity contribution in [1.29, 1.82) is 5.26 Å². The van der Waals surface area contributed by atoms with Gasteiger partial charge >= 0.3 is 0 Å². The second-order valence-corrected chi connectivity index (χ2v) is 3.58. The molecule has 2 nitrogen and oxygen atoms in total. The molecule has 0 spiro atoms. The van der Waals surface area contributed by atoms with Gasteiger partial charge < -0.3 is 4.90 Å². The number of nitriles is 1. The molecule has 11 heavy (non-hydrogen) atoms. The summed E-state index contributed by atoms with van der Waals surface area (Å²) >= 11 is 0. The van der Waals surface area contributed by atoms with Gasteiger partial charge in [0.2, 0.25) is 0 Å². The van der Waals surface area contributed by atoms with Crippen LogP contribution in [0.4, 0.5) is 0 Å². The molecule has 1 rings (SSSR count). The first kappa shape index (κ1) is 8.55. The van der Waals surface area contributed by atoms with Crippen LogP contribution in [0.3, 0.4) is 0 Å². The summed E-state index contributed by atoms with van der Waals surface area (Å²) in [6, 6.07) is 2.44. The summed E-state index contributed by atoms with van der Waals surface area (Å²) in [5.74, 6) is 0. The van der Waals surface area contributed by atoms with Crippen molar-refractivity contribution in [2.24, 2.45) is 5.41 Å². The van der Waals surface area contributed by atoms with Crippen LogP contribution in [-0.2, 0) is 0 Å². The summed E-state index contributed by atoms with van der Waals surface area (Å²) in [5.41, 5.74) is 0.0186. The van der Waals surface area contributed by atoms with E-state index in [9.17, 15) is 0 Å². The topological polar surface area (TPSA) is 27.0 Å². The summed E-state index contributed by atoms with van der Waals surface area (Å²) < 4.78 is 0. The van der Waals surface area contributed by atoms with Gasteiger partial charge in [0, 0.05) is 6.54 Å². The molecule has 0 aromatic rings. The molecule has 0 aliphatic heterocycles. The lowest BCUT2D eigenvalue weighted by atomic mass is 9.70. The third-order valence-electron chi connectivity index (χ3n) is 2.66. The minimum absolute atomic E-state index is 0.0186. The Morgan fingerprint density at radius 1 is 1.55 bits per heavy atom. The van der Waals surface area contributed by atoms with Crippen LogP contribution in [0.1, 0.15) is 26.2 Å². The van der Waals surface area contributed by atoms with Crippen molar-refractivity contribution < 1.29 is 0 Å². The molecular weight excluding hydrogens is 136 g/mol. The summed E-state index contributed by atoms with van der Waals surface area (Å²) in [6.07, 6.45) is 3.45. The third-order valence-corrected chi connectivity index (χ3v) is 2.66. The van der Waals surface area contributed by atoms with E-state index in [1.165, 1.54) is 6.42 Å². The van der Waals surface area contributed by atoms with Gasteiger partial charge in [0.25, 0.3) is 0 Å². The van der Waals surface area contributed by atoms with Crippen LogP contribution >= 0.6 is 0 Å². The maximum atomic E-state index is 8.90. The first-order valence-corrected chi connectivity index (χ1v) is 4.32. The summed E-state index contributed by atoms with van der Waals surface area (Å²) in [5, 5.41) is 8.90. The van der Waals surface area contributed by atoms with E-state index in [-0.39, 0.29) is 5.41 Å². The number of rotatable bonds is 3. The Morgan fingerprint density at radius 3 is 2.45 bits per heavy atom. The average Bonchev–Trinajstić information content (AvgIpc) is 1.96. The van der Waals surface area contributed by atoms with Crippen molar-refractivity contribution in [3.05, 3.63) is 0 Å². The largest absolute Gasteiger partial charge is 0.305 e. The quantitative estimate of drug-likeness (QED) is 0.614. The lowest BCUT2D eigenvalue weighted by Crippen LogP contribution is -2.39. The zero-order chi connectivity index (χ0) is 8.32. The molecule has 1 fully saturated rings. The molecule has 0 aromatic carbocycles. The Hall–Kier alpha value is -0.550. The van der Waals surface area contributed by atoms with Crippen molar-refractivity contribution in [1.82, 2.24) is 4.90 Å². The van der Waals surface area contributed by atoms with Crippen LogP contribution in [0.5, 0.6) is 0 Å². The van der Waals surface area contributed by atoms with Gasteiger partial charge in [-0.05, 0) is 26.4 Å². The fraction of sp³-hybridized carbons (Fsp3) is 0.889. The zero-order valence-corrected chi connectivity index (χ0v) is 7.43. The minimum atomic E-state index is 0.0186. The van der Waals surface area contributed by atoms with Crippen molar-refractivity contribution in [2.75, 3.05) is 20.1 Å². The van der Waals surface area contributed by atoms with Gasteiger partial charge in [-0.25, -0.2) is 0 Å². The van der Waals surface area contributed by atoms with Crippen molar-refractivity contribution in [3.8, 4) is 6.07 Å². The van der Waals surface area contributed by atoms with Gasteiger partial charge in [0.15, 0.2) is 0 Å². The highest BCUT2D eigenvalue weighted by Gasteiger charge is 2.37. The van der Waals surface area contributed by atoms with Crippen LogP contribution in [0, 0.1) is 16.7 Å². The van der Waals surface area contributed by atoms with Gasteiger partial charge in [-0.3, -0.25) is 0 Å². The van der Waals surface area contributed by atoms with E-state index in [2.05, 4.69) is 24.9 Å². The molecular formula is C9H16N2. The van der Waals surface area contributed by atoms with Crippen molar-refractivity contribution in [3.63, 3.8) is 0 Å². The molecule has 1 aliphatic carbocycles. The maximum absolute atomic E-state index is 8.90. The highest BCUT2D eigenvalue weighted by Crippen LogP contribution is 2.40. The lowest BCUT2D eigenvalue weighted by molar-refractivity contribution is 0.142. The Labute approximate surface area is 68.8 Å². The molecule has 0 heterocycles. The van der Waals surface area contributed by atoms with Gasteiger partial charge in [0.1, 0.15) is 0 Å². The SMILES string of the molecule is CCN(C)CC1(C#N)CCC1. The standard InChI is InChI=1S/C9H16N2/c1-3-11(2)8-9(7-10)5-4-6-9/h3-6,8H2,1-2H3. The first-order chi connectivity index (χ1) is 5.22. The fourth-order valence-electron chi connectivity index (χ4n) is 1.54. The van der Waals surface area contributed by atoms with Gasteiger partial charge in [-0.2, -0.15) is 5.26 Å². The van der Waals surface area contributed by atoms with Crippen LogP contribution in [0.2, 0.25) is 0 Å². The van der Waals surface area contributed by atoms with E-state index in [4.69, 9.17) is 5.26 Å². The van der Waals surface area contributed by atoms with Crippen LogP contribution in [0.15, 0.2) is 0 Å². The van der Waals surface area contributed by atoms with E-state index < -0.39 is 0 Å². The summed E-state index contributed by atoms with van der Waals surface area (Å²) in [7, 11) is 2.08. The Balaban J connectivity index is 2.40. The predicted octanol–water partition coefficient (Wildman–Crippen LogP) is 1.63. The second kappa shape index (κ2) is 3.23. The second-order valence-electron chi connectivity index (χ2n) is 3.58. The predicted molar refractivity (Wildman–Crippen MR) is 45.1 cm³/mol. The molecule has 1 aliphatic rings. The number of hydrogen-bond donors (Lipinski definition) is 0. The molecule has 0 aromatic heterocycles. The Morgan fingerprint density at radius 2 is 2.18 bits per heavy atom. The molecule has 0 bridgehead atoms. The normalized spacial score (nSPS) is 20.9. The van der Waals surface area contributed by atoms with Crippen molar-refractivity contribution >= 4 is 0 Å². The Kier molecular flexibility index (Phi) is 2.51. The zero-order valence-electron chi connectivity index (χ0n) is 7.43. The van der Waals surface area contributed by atoms with Crippen molar-refractivity contribution in [2.45, 2.75) is 26.2 Å². The molecule has 0 saturated heterocycles. The van der Waals surface area contributed by atoms with Gasteiger partial charge in [-0.1, -0.05) is 13.3 Å². The molecule has 0 atom stereocenters. The summed E-state index contributed by atoms with van der Waals surface area (Å²) in [6.45, 7) is 4.13. The molecule has 62 valence electrons. The number of hydrogen-bond acceptors (Lipinski definition) is 2. The molecule has 0 unspecified atom stereocenters.